The Morgan fingerprint density at radius 2 is 2.00 bits per heavy atom. The van der Waals surface area contributed by atoms with Crippen molar-refractivity contribution in [2.75, 3.05) is 26.6 Å². The van der Waals surface area contributed by atoms with Gasteiger partial charge in [0.05, 0.1) is 26.1 Å². The molecule has 1 amide bonds. The summed E-state index contributed by atoms with van der Waals surface area (Å²) in [5, 5.41) is 12.4. The predicted molar refractivity (Wildman–Crippen MR) is 112 cm³/mol. The first-order valence-corrected chi connectivity index (χ1v) is 9.08. The summed E-state index contributed by atoms with van der Waals surface area (Å²) in [5.74, 6) is 1.08. The van der Waals surface area contributed by atoms with E-state index in [1.807, 2.05) is 30.6 Å². The summed E-state index contributed by atoms with van der Waals surface area (Å²) in [4.78, 5) is 17.1. The van der Waals surface area contributed by atoms with Gasteiger partial charge < -0.3 is 20.1 Å². The number of ether oxygens (including phenoxy) is 2. The number of aryl methyl sites for hydroxylation is 1. The molecule has 28 heavy (non-hydrogen) atoms. The average Bonchev–Trinajstić information content (AvgIpc) is 3.31. The number of benzene rings is 1. The molecule has 0 bridgehead atoms. The molecule has 2 heterocycles. The molecule has 1 aromatic carbocycles. The van der Waals surface area contributed by atoms with Crippen LogP contribution in [0.4, 0.5) is 5.13 Å². The molecule has 0 saturated carbocycles. The topological polar surface area (TPSA) is 90.3 Å². The zero-order chi connectivity index (χ0) is 19.4. The van der Waals surface area contributed by atoms with Gasteiger partial charge >= 0.3 is 0 Å². The zero-order valence-electron chi connectivity index (χ0n) is 15.9. The third-order valence-electron chi connectivity index (χ3n) is 4.02. The van der Waals surface area contributed by atoms with Crippen LogP contribution < -0.4 is 20.1 Å². The largest absolute Gasteiger partial charge is 0.493 e. The number of carbonyl (C=O) groups is 1. The van der Waals surface area contributed by atoms with Crippen molar-refractivity contribution >= 4 is 34.8 Å². The van der Waals surface area contributed by atoms with Gasteiger partial charge in [-0.25, -0.2) is 4.98 Å². The Morgan fingerprint density at radius 3 is 2.61 bits per heavy atom. The van der Waals surface area contributed by atoms with Gasteiger partial charge in [-0.2, -0.15) is 5.10 Å². The highest BCUT2D eigenvalue weighted by atomic mass is 35.5. The van der Waals surface area contributed by atoms with Crippen LogP contribution >= 0.6 is 23.7 Å². The molecule has 0 spiro atoms. The van der Waals surface area contributed by atoms with Gasteiger partial charge in [0, 0.05) is 29.8 Å². The number of thiazole rings is 1. The molecular formula is C18H22ClN5O3S. The fourth-order valence-corrected chi connectivity index (χ4v) is 3.40. The maximum atomic E-state index is 12.6. The number of aromatic nitrogens is 3. The number of nitrogens with one attached hydrogen (secondary N) is 2. The molecule has 0 aliphatic carbocycles. The molecule has 10 heteroatoms. The predicted octanol–water partition coefficient (Wildman–Crippen LogP) is 2.88. The third-order valence-corrected chi connectivity index (χ3v) is 4.78. The summed E-state index contributed by atoms with van der Waals surface area (Å²) in [6, 6.07) is 5.07. The number of hydrogen-bond donors (Lipinski definition) is 2. The highest BCUT2D eigenvalue weighted by Crippen LogP contribution is 2.33. The van der Waals surface area contributed by atoms with E-state index in [1.165, 1.54) is 11.3 Å². The van der Waals surface area contributed by atoms with Crippen molar-refractivity contribution in [2.45, 2.75) is 6.04 Å². The highest BCUT2D eigenvalue weighted by molar-refractivity contribution is 7.14. The molecule has 0 aliphatic rings. The number of anilines is 1. The summed E-state index contributed by atoms with van der Waals surface area (Å²) < 4.78 is 12.2. The molecule has 1 unspecified atom stereocenters. The Bertz CT molecular complexity index is 943. The van der Waals surface area contributed by atoms with E-state index < -0.39 is 6.04 Å². The number of rotatable bonds is 7. The average molecular weight is 424 g/mol. The van der Waals surface area contributed by atoms with E-state index in [1.54, 1.807) is 38.3 Å². The first-order chi connectivity index (χ1) is 13.0. The lowest BCUT2D eigenvalue weighted by Crippen LogP contribution is -2.30. The molecule has 3 rings (SSSR count). The minimum Gasteiger partial charge on any atom is -0.493 e. The van der Waals surface area contributed by atoms with Crippen LogP contribution in [0, 0.1) is 0 Å². The van der Waals surface area contributed by atoms with Crippen molar-refractivity contribution in [3.63, 3.8) is 0 Å². The fraction of sp³-hybridized carbons (Fsp3) is 0.278. The van der Waals surface area contributed by atoms with Gasteiger partial charge in [-0.3, -0.25) is 9.48 Å². The number of carbonyl (C=O) groups excluding carboxylic acids is 1. The summed E-state index contributed by atoms with van der Waals surface area (Å²) in [6.45, 7) is 0. The number of amides is 1. The summed E-state index contributed by atoms with van der Waals surface area (Å²) in [7, 11) is 6.72. The maximum Gasteiger partial charge on any atom is 0.247 e. The Hall–Kier alpha value is -2.62. The van der Waals surface area contributed by atoms with E-state index in [0.717, 1.165) is 16.8 Å². The minimum absolute atomic E-state index is 0. The van der Waals surface area contributed by atoms with E-state index >= 15 is 0 Å². The van der Waals surface area contributed by atoms with Gasteiger partial charge in [0.15, 0.2) is 16.6 Å². The molecule has 0 aliphatic heterocycles. The molecule has 2 aromatic heterocycles. The lowest BCUT2D eigenvalue weighted by atomic mass is 10.1. The molecule has 3 aromatic rings. The van der Waals surface area contributed by atoms with Crippen molar-refractivity contribution < 1.29 is 14.3 Å². The zero-order valence-corrected chi connectivity index (χ0v) is 17.6. The van der Waals surface area contributed by atoms with Crippen LogP contribution in [0.15, 0.2) is 36.0 Å². The molecule has 1 atom stereocenters. The van der Waals surface area contributed by atoms with Crippen LogP contribution in [0.3, 0.4) is 0 Å². The van der Waals surface area contributed by atoms with Gasteiger partial charge in [0.2, 0.25) is 5.91 Å². The van der Waals surface area contributed by atoms with Gasteiger partial charge in [-0.05, 0) is 25.2 Å². The van der Waals surface area contributed by atoms with Gasteiger partial charge in [0.25, 0.3) is 0 Å². The molecule has 150 valence electrons. The SMILES string of the molecule is CNC(C(=O)Nc1nc(-c2ccc(OC)c(OC)c2)cs1)c1cnn(C)c1.Cl. The number of nitrogens with zero attached hydrogens (tertiary/aromatic N) is 3. The number of methoxy groups -OCH3 is 2. The molecular weight excluding hydrogens is 402 g/mol. The quantitative estimate of drug-likeness (QED) is 0.607. The van der Waals surface area contributed by atoms with Crippen molar-refractivity contribution in [2.24, 2.45) is 7.05 Å². The van der Waals surface area contributed by atoms with E-state index in [0.29, 0.717) is 16.6 Å². The second-order valence-corrected chi connectivity index (χ2v) is 6.62. The van der Waals surface area contributed by atoms with Gasteiger partial charge in [0.1, 0.15) is 6.04 Å². The van der Waals surface area contributed by atoms with Crippen LogP contribution in [-0.2, 0) is 11.8 Å². The third kappa shape index (κ3) is 4.61. The Morgan fingerprint density at radius 1 is 1.25 bits per heavy atom. The number of likely N-dealkylation sites (N-methyl/N-ethyl adjacent to an activating group) is 1. The Balaban J connectivity index is 0.00000280. The van der Waals surface area contributed by atoms with Crippen LogP contribution in [-0.4, -0.2) is 41.9 Å². The smallest absolute Gasteiger partial charge is 0.247 e. The van der Waals surface area contributed by atoms with Gasteiger partial charge in [-0.1, -0.05) is 0 Å². The first kappa shape index (κ1) is 21.7. The second-order valence-electron chi connectivity index (χ2n) is 5.77. The molecule has 2 N–H and O–H groups in total. The van der Waals surface area contributed by atoms with E-state index in [-0.39, 0.29) is 18.3 Å². The summed E-state index contributed by atoms with van der Waals surface area (Å²) in [5.41, 5.74) is 2.41. The lowest BCUT2D eigenvalue weighted by Gasteiger charge is -2.13. The first-order valence-electron chi connectivity index (χ1n) is 8.20. The van der Waals surface area contributed by atoms with Crippen molar-refractivity contribution in [1.29, 1.82) is 0 Å². The minimum atomic E-state index is -0.507. The van der Waals surface area contributed by atoms with Crippen molar-refractivity contribution in [1.82, 2.24) is 20.1 Å². The van der Waals surface area contributed by atoms with Crippen LogP contribution in [0.25, 0.3) is 11.3 Å². The Labute approximate surface area is 173 Å². The van der Waals surface area contributed by atoms with Crippen LogP contribution in [0.1, 0.15) is 11.6 Å². The molecule has 0 radical (unpaired) electrons. The molecule has 0 saturated heterocycles. The van der Waals surface area contributed by atoms with E-state index in [9.17, 15) is 4.79 Å². The second kappa shape index (κ2) is 9.54. The Kier molecular flexibility index (Phi) is 7.38. The highest BCUT2D eigenvalue weighted by Gasteiger charge is 2.21. The number of hydrogen-bond acceptors (Lipinski definition) is 7. The standard InChI is InChI=1S/C18H21N5O3S.ClH/c1-19-16(12-8-20-23(2)9-12)17(24)22-18-21-13(10-27-18)11-5-6-14(25-3)15(7-11)26-4;/h5-10,16,19H,1-4H3,(H,21,22,24);1H. The van der Waals surface area contributed by atoms with Crippen molar-refractivity contribution in [3.05, 3.63) is 41.5 Å². The summed E-state index contributed by atoms with van der Waals surface area (Å²) in [6.07, 6.45) is 3.47. The lowest BCUT2D eigenvalue weighted by molar-refractivity contribution is -0.118. The normalized spacial score (nSPS) is 11.4. The van der Waals surface area contributed by atoms with Crippen molar-refractivity contribution in [3.8, 4) is 22.8 Å². The van der Waals surface area contributed by atoms with E-state index in [4.69, 9.17) is 9.47 Å². The molecule has 8 nitrogen and oxygen atoms in total. The number of halogens is 1. The van der Waals surface area contributed by atoms with Gasteiger partial charge in [-0.15, -0.1) is 23.7 Å². The monoisotopic (exact) mass is 423 g/mol. The van der Waals surface area contributed by atoms with Crippen LogP contribution in [0.2, 0.25) is 0 Å². The maximum absolute atomic E-state index is 12.6. The fourth-order valence-electron chi connectivity index (χ4n) is 2.68. The molecule has 0 fully saturated rings. The van der Waals surface area contributed by atoms with E-state index in [2.05, 4.69) is 20.7 Å². The van der Waals surface area contributed by atoms with Crippen LogP contribution in [0.5, 0.6) is 11.5 Å². The summed E-state index contributed by atoms with van der Waals surface area (Å²) >= 11 is 1.36.